The van der Waals surface area contributed by atoms with Gasteiger partial charge in [-0.3, -0.25) is 0 Å². The third-order valence-corrected chi connectivity index (χ3v) is 4.72. The molecule has 1 aromatic heterocycles. The standard InChI is InChI=1S/C14H15BrFNS/c1-3-17-13(14-11(15)6-7-18-14)10-5-4-9(2)8-12(10)16/h4-8,13,17H,3H2,1-2H3. The first-order chi connectivity index (χ1) is 8.63. The minimum atomic E-state index is -0.152. The average Bonchev–Trinajstić information content (AvgIpc) is 2.73. The number of aryl methyl sites for hydroxylation is 1. The summed E-state index contributed by atoms with van der Waals surface area (Å²) < 4.78 is 15.1. The molecule has 1 atom stereocenters. The van der Waals surface area contributed by atoms with Crippen LogP contribution in [0.1, 0.15) is 29.0 Å². The van der Waals surface area contributed by atoms with Crippen molar-refractivity contribution in [3.05, 3.63) is 55.9 Å². The summed E-state index contributed by atoms with van der Waals surface area (Å²) in [5.41, 5.74) is 1.64. The monoisotopic (exact) mass is 327 g/mol. The predicted molar refractivity (Wildman–Crippen MR) is 78.7 cm³/mol. The second kappa shape index (κ2) is 5.95. The minimum Gasteiger partial charge on any atom is -0.306 e. The normalized spacial score (nSPS) is 12.7. The van der Waals surface area contributed by atoms with Crippen molar-refractivity contribution in [2.24, 2.45) is 0 Å². The Kier molecular flexibility index (Phi) is 4.54. The molecule has 1 aromatic carbocycles. The Morgan fingerprint density at radius 1 is 1.39 bits per heavy atom. The minimum absolute atomic E-state index is 0.0926. The van der Waals surface area contributed by atoms with Crippen LogP contribution in [0.3, 0.4) is 0 Å². The van der Waals surface area contributed by atoms with Crippen LogP contribution in [0.2, 0.25) is 0 Å². The van der Waals surface area contributed by atoms with E-state index < -0.39 is 0 Å². The average molecular weight is 328 g/mol. The third kappa shape index (κ3) is 2.82. The highest BCUT2D eigenvalue weighted by atomic mass is 79.9. The number of hydrogen-bond donors (Lipinski definition) is 1. The van der Waals surface area contributed by atoms with Crippen LogP contribution in [-0.4, -0.2) is 6.54 Å². The lowest BCUT2D eigenvalue weighted by atomic mass is 10.0. The van der Waals surface area contributed by atoms with E-state index in [4.69, 9.17) is 0 Å². The first-order valence-electron chi connectivity index (χ1n) is 5.85. The van der Waals surface area contributed by atoms with Gasteiger partial charge in [0.2, 0.25) is 0 Å². The van der Waals surface area contributed by atoms with Crippen molar-refractivity contribution in [3.8, 4) is 0 Å². The zero-order valence-electron chi connectivity index (χ0n) is 10.3. The van der Waals surface area contributed by atoms with Crippen LogP contribution in [0.15, 0.2) is 34.1 Å². The molecule has 0 saturated heterocycles. The summed E-state index contributed by atoms with van der Waals surface area (Å²) in [6.07, 6.45) is 0. The number of hydrogen-bond acceptors (Lipinski definition) is 2. The van der Waals surface area contributed by atoms with E-state index >= 15 is 0 Å². The van der Waals surface area contributed by atoms with Gasteiger partial charge in [-0.2, -0.15) is 0 Å². The Labute approximate surface area is 119 Å². The molecule has 0 bridgehead atoms. The lowest BCUT2D eigenvalue weighted by Crippen LogP contribution is -2.22. The molecule has 1 unspecified atom stereocenters. The van der Waals surface area contributed by atoms with Gasteiger partial charge < -0.3 is 5.32 Å². The van der Waals surface area contributed by atoms with Crippen LogP contribution < -0.4 is 5.32 Å². The first-order valence-corrected chi connectivity index (χ1v) is 7.53. The van der Waals surface area contributed by atoms with Gasteiger partial charge in [0, 0.05) is 14.9 Å². The van der Waals surface area contributed by atoms with E-state index in [1.54, 1.807) is 17.4 Å². The van der Waals surface area contributed by atoms with E-state index in [2.05, 4.69) is 21.2 Å². The second-order valence-electron chi connectivity index (χ2n) is 4.15. The second-order valence-corrected chi connectivity index (χ2v) is 5.95. The van der Waals surface area contributed by atoms with Crippen molar-refractivity contribution >= 4 is 27.3 Å². The summed E-state index contributed by atoms with van der Waals surface area (Å²) in [5, 5.41) is 5.35. The van der Waals surface area contributed by atoms with Crippen molar-refractivity contribution in [1.82, 2.24) is 5.32 Å². The first kappa shape index (κ1) is 13.7. The fourth-order valence-corrected chi connectivity index (χ4v) is 3.62. The SMILES string of the molecule is CCNC(c1ccc(C)cc1F)c1sccc1Br. The molecule has 0 aliphatic carbocycles. The van der Waals surface area contributed by atoms with Gasteiger partial charge in [0.1, 0.15) is 5.82 Å². The molecule has 4 heteroatoms. The smallest absolute Gasteiger partial charge is 0.128 e. The number of nitrogens with one attached hydrogen (secondary N) is 1. The Bertz CT molecular complexity index is 538. The zero-order valence-corrected chi connectivity index (χ0v) is 12.7. The molecule has 0 amide bonds. The summed E-state index contributed by atoms with van der Waals surface area (Å²) >= 11 is 5.15. The van der Waals surface area contributed by atoms with E-state index in [1.807, 2.05) is 37.4 Å². The van der Waals surface area contributed by atoms with Gasteiger partial charge in [0.25, 0.3) is 0 Å². The quantitative estimate of drug-likeness (QED) is 0.861. The van der Waals surface area contributed by atoms with Gasteiger partial charge in [-0.25, -0.2) is 4.39 Å². The molecule has 0 spiro atoms. The van der Waals surface area contributed by atoms with Gasteiger partial charge in [0.15, 0.2) is 0 Å². The molecular weight excluding hydrogens is 313 g/mol. The Morgan fingerprint density at radius 2 is 2.17 bits per heavy atom. The van der Waals surface area contributed by atoms with Crippen LogP contribution in [0.5, 0.6) is 0 Å². The van der Waals surface area contributed by atoms with Crippen LogP contribution in [-0.2, 0) is 0 Å². The molecular formula is C14H15BrFNS. The number of benzene rings is 1. The Hall–Kier alpha value is -0.710. The highest BCUT2D eigenvalue weighted by molar-refractivity contribution is 9.10. The lowest BCUT2D eigenvalue weighted by molar-refractivity contribution is 0.561. The molecule has 0 aliphatic rings. The van der Waals surface area contributed by atoms with Crippen molar-refractivity contribution in [1.29, 1.82) is 0 Å². The van der Waals surface area contributed by atoms with E-state index in [0.717, 1.165) is 21.5 Å². The van der Waals surface area contributed by atoms with E-state index in [1.165, 1.54) is 0 Å². The topological polar surface area (TPSA) is 12.0 Å². The lowest BCUT2D eigenvalue weighted by Gasteiger charge is -2.18. The predicted octanol–water partition coefficient (Wildman–Crippen LogP) is 4.66. The maximum Gasteiger partial charge on any atom is 0.128 e. The van der Waals surface area contributed by atoms with E-state index in [0.29, 0.717) is 5.56 Å². The van der Waals surface area contributed by atoms with Crippen LogP contribution in [0.4, 0.5) is 4.39 Å². The van der Waals surface area contributed by atoms with Crippen LogP contribution in [0.25, 0.3) is 0 Å². The van der Waals surface area contributed by atoms with Gasteiger partial charge in [-0.15, -0.1) is 11.3 Å². The molecule has 0 saturated carbocycles. The summed E-state index contributed by atoms with van der Waals surface area (Å²) in [7, 11) is 0. The molecule has 96 valence electrons. The summed E-state index contributed by atoms with van der Waals surface area (Å²) in [6, 6.07) is 7.30. The van der Waals surface area contributed by atoms with Gasteiger partial charge in [-0.05, 0) is 52.5 Å². The molecule has 0 aliphatic heterocycles. The van der Waals surface area contributed by atoms with Gasteiger partial charge >= 0.3 is 0 Å². The van der Waals surface area contributed by atoms with E-state index in [9.17, 15) is 4.39 Å². The maximum absolute atomic E-state index is 14.1. The van der Waals surface area contributed by atoms with Crippen molar-refractivity contribution in [2.75, 3.05) is 6.54 Å². The van der Waals surface area contributed by atoms with Crippen molar-refractivity contribution in [3.63, 3.8) is 0 Å². The number of rotatable bonds is 4. The Morgan fingerprint density at radius 3 is 2.72 bits per heavy atom. The fraction of sp³-hybridized carbons (Fsp3) is 0.286. The zero-order chi connectivity index (χ0) is 13.1. The number of halogens is 2. The summed E-state index contributed by atoms with van der Waals surface area (Å²) in [5.74, 6) is -0.152. The molecule has 2 aromatic rings. The summed E-state index contributed by atoms with van der Waals surface area (Å²) in [6.45, 7) is 4.72. The number of thiophene rings is 1. The maximum atomic E-state index is 14.1. The van der Waals surface area contributed by atoms with Gasteiger partial charge in [0.05, 0.1) is 6.04 Å². The van der Waals surface area contributed by atoms with Crippen molar-refractivity contribution in [2.45, 2.75) is 19.9 Å². The molecule has 0 fully saturated rings. The third-order valence-electron chi connectivity index (χ3n) is 2.78. The molecule has 1 heterocycles. The highest BCUT2D eigenvalue weighted by Crippen LogP contribution is 2.34. The molecule has 18 heavy (non-hydrogen) atoms. The molecule has 2 rings (SSSR count). The van der Waals surface area contributed by atoms with E-state index in [-0.39, 0.29) is 11.9 Å². The Balaban J connectivity index is 2.45. The largest absolute Gasteiger partial charge is 0.306 e. The van der Waals surface area contributed by atoms with Gasteiger partial charge in [-0.1, -0.05) is 19.1 Å². The summed E-state index contributed by atoms with van der Waals surface area (Å²) in [4.78, 5) is 1.11. The highest BCUT2D eigenvalue weighted by Gasteiger charge is 2.20. The molecule has 1 nitrogen and oxygen atoms in total. The van der Waals surface area contributed by atoms with Crippen molar-refractivity contribution < 1.29 is 4.39 Å². The van der Waals surface area contributed by atoms with Crippen LogP contribution >= 0.6 is 27.3 Å². The fourth-order valence-electron chi connectivity index (χ4n) is 1.93. The molecule has 0 radical (unpaired) electrons. The molecule has 1 N–H and O–H groups in total. The van der Waals surface area contributed by atoms with Crippen LogP contribution in [0, 0.1) is 12.7 Å².